The van der Waals surface area contributed by atoms with Gasteiger partial charge < -0.3 is 18.3 Å². The lowest BCUT2D eigenvalue weighted by molar-refractivity contribution is -0.134. The Kier molecular flexibility index (Phi) is 6.29. The predicted molar refractivity (Wildman–Crippen MR) is 132 cm³/mol. The second-order valence-electron chi connectivity index (χ2n) is 8.52. The van der Waals surface area contributed by atoms with Crippen molar-refractivity contribution in [1.29, 1.82) is 0 Å². The number of furan rings is 2. The minimum absolute atomic E-state index is 0.132. The van der Waals surface area contributed by atoms with Gasteiger partial charge in [0, 0.05) is 30.0 Å². The monoisotopic (exact) mass is 473 g/mol. The van der Waals surface area contributed by atoms with Crippen molar-refractivity contribution in [2.75, 3.05) is 27.8 Å². The molecule has 0 aliphatic carbocycles. The van der Waals surface area contributed by atoms with E-state index in [1.165, 1.54) is 5.01 Å². The maximum atomic E-state index is 13.4. The smallest absolute Gasteiger partial charge is 0.257 e. The van der Waals surface area contributed by atoms with Crippen LogP contribution >= 0.6 is 0 Å². The molecule has 0 spiro atoms. The number of amides is 1. The number of carbonyl (C=O) groups is 1. The summed E-state index contributed by atoms with van der Waals surface area (Å²) in [6.45, 7) is 0.696. The molecular weight excluding hydrogens is 446 g/mol. The number of carbonyl (C=O) groups excluding carboxylic acids is 1. The zero-order valence-corrected chi connectivity index (χ0v) is 19.9. The Morgan fingerprint density at radius 3 is 2.71 bits per heavy atom. The second kappa shape index (κ2) is 9.68. The van der Waals surface area contributed by atoms with Gasteiger partial charge in [0.05, 0.1) is 27.0 Å². The Morgan fingerprint density at radius 2 is 1.97 bits per heavy atom. The van der Waals surface area contributed by atoms with Gasteiger partial charge in [0.25, 0.3) is 5.91 Å². The molecule has 1 atom stereocenters. The maximum Gasteiger partial charge on any atom is 0.257 e. The fraction of sp³-hybridized carbons (Fsp3) is 0.259. The number of likely N-dealkylation sites (N-methyl/N-ethyl adjacent to an activating group) is 1. The van der Waals surface area contributed by atoms with Crippen molar-refractivity contribution in [1.82, 2.24) is 9.91 Å². The van der Waals surface area contributed by atoms with Crippen LogP contribution in [0.4, 0.5) is 0 Å². The van der Waals surface area contributed by atoms with Crippen molar-refractivity contribution in [2.45, 2.75) is 19.0 Å². The lowest BCUT2D eigenvalue weighted by Crippen LogP contribution is -2.36. The summed E-state index contributed by atoms with van der Waals surface area (Å²) in [6.07, 6.45) is 2.12. The zero-order chi connectivity index (χ0) is 24.4. The van der Waals surface area contributed by atoms with Gasteiger partial charge in [-0.3, -0.25) is 9.69 Å². The van der Waals surface area contributed by atoms with Crippen LogP contribution in [0.15, 0.2) is 80.9 Å². The fourth-order valence-corrected chi connectivity index (χ4v) is 4.35. The third-order valence-electron chi connectivity index (χ3n) is 6.09. The number of fused-ring (bicyclic) bond motifs is 1. The highest BCUT2D eigenvalue weighted by atomic mass is 16.5. The molecule has 0 radical (unpaired) electrons. The summed E-state index contributed by atoms with van der Waals surface area (Å²) in [5, 5.41) is 7.20. The third-order valence-corrected chi connectivity index (χ3v) is 6.09. The Bertz CT molecular complexity index is 1330. The molecular formula is C27H27N3O5. The molecule has 0 N–H and O–H groups in total. The van der Waals surface area contributed by atoms with Crippen molar-refractivity contribution >= 4 is 22.6 Å². The molecule has 0 saturated heterocycles. The first kappa shape index (κ1) is 22.7. The molecule has 2 aromatic heterocycles. The predicted octanol–water partition coefficient (Wildman–Crippen LogP) is 4.85. The van der Waals surface area contributed by atoms with E-state index in [1.54, 1.807) is 20.5 Å². The van der Waals surface area contributed by atoms with E-state index in [9.17, 15) is 4.79 Å². The van der Waals surface area contributed by atoms with Gasteiger partial charge >= 0.3 is 0 Å². The number of benzene rings is 2. The molecule has 180 valence electrons. The van der Waals surface area contributed by atoms with E-state index in [4.69, 9.17) is 18.3 Å². The van der Waals surface area contributed by atoms with E-state index in [0.717, 1.165) is 28.0 Å². The number of rotatable bonds is 8. The number of para-hydroxylation sites is 1. The highest BCUT2D eigenvalue weighted by Gasteiger charge is 2.36. The average molecular weight is 474 g/mol. The summed E-state index contributed by atoms with van der Waals surface area (Å²) in [5.74, 6) is 2.65. The Morgan fingerprint density at radius 1 is 1.11 bits per heavy atom. The van der Waals surface area contributed by atoms with Crippen molar-refractivity contribution in [3.05, 3.63) is 84.0 Å². The molecule has 1 amide bonds. The van der Waals surface area contributed by atoms with Gasteiger partial charge in [0.15, 0.2) is 5.76 Å². The van der Waals surface area contributed by atoms with Crippen LogP contribution in [0.5, 0.6) is 11.5 Å². The highest BCUT2D eigenvalue weighted by molar-refractivity contribution is 6.03. The van der Waals surface area contributed by atoms with Crippen LogP contribution in [0.2, 0.25) is 0 Å². The lowest BCUT2D eigenvalue weighted by Gasteiger charge is -2.24. The van der Waals surface area contributed by atoms with Gasteiger partial charge in [-0.2, -0.15) is 5.10 Å². The van der Waals surface area contributed by atoms with Crippen molar-refractivity contribution in [3.63, 3.8) is 0 Å². The SMILES string of the molecule is COc1ccc(CN(C)CC(=O)N2N=C(c3cc4ccccc4o3)CC2c2ccco2)c(OC)c1. The summed E-state index contributed by atoms with van der Waals surface area (Å²) in [5.41, 5.74) is 2.46. The first-order valence-corrected chi connectivity index (χ1v) is 11.4. The number of ether oxygens (including phenoxy) is 2. The molecule has 1 aliphatic heterocycles. The van der Waals surface area contributed by atoms with Gasteiger partial charge in [0.2, 0.25) is 0 Å². The minimum Gasteiger partial charge on any atom is -0.497 e. The summed E-state index contributed by atoms with van der Waals surface area (Å²) < 4.78 is 22.4. The average Bonchev–Trinajstić information content (AvgIpc) is 3.63. The van der Waals surface area contributed by atoms with Crippen molar-refractivity contribution < 1.29 is 23.1 Å². The molecule has 3 heterocycles. The van der Waals surface area contributed by atoms with Crippen LogP contribution in [0, 0.1) is 0 Å². The number of hydrogen-bond donors (Lipinski definition) is 0. The summed E-state index contributed by atoms with van der Waals surface area (Å²) in [7, 11) is 5.13. The van der Waals surface area contributed by atoms with E-state index in [1.807, 2.05) is 72.6 Å². The molecule has 5 rings (SSSR count). The Balaban J connectivity index is 1.36. The number of nitrogens with zero attached hydrogens (tertiary/aromatic N) is 3. The van der Waals surface area contributed by atoms with Gasteiger partial charge in [0.1, 0.15) is 34.6 Å². The Labute approximate surface area is 203 Å². The molecule has 8 nitrogen and oxygen atoms in total. The molecule has 0 fully saturated rings. The van der Waals surface area contributed by atoms with Gasteiger partial charge in [-0.25, -0.2) is 5.01 Å². The first-order chi connectivity index (χ1) is 17.1. The molecule has 0 bridgehead atoms. The van der Waals surface area contributed by atoms with E-state index < -0.39 is 0 Å². The van der Waals surface area contributed by atoms with Gasteiger partial charge in [-0.05, 0) is 37.4 Å². The van der Waals surface area contributed by atoms with Crippen LogP contribution in [0.1, 0.15) is 29.5 Å². The van der Waals surface area contributed by atoms with E-state index in [0.29, 0.717) is 30.2 Å². The molecule has 1 aliphatic rings. The van der Waals surface area contributed by atoms with E-state index in [-0.39, 0.29) is 18.5 Å². The molecule has 4 aromatic rings. The maximum absolute atomic E-state index is 13.4. The van der Waals surface area contributed by atoms with Crippen molar-refractivity contribution in [2.24, 2.45) is 5.10 Å². The fourth-order valence-electron chi connectivity index (χ4n) is 4.35. The summed E-state index contributed by atoms with van der Waals surface area (Å²) >= 11 is 0. The summed E-state index contributed by atoms with van der Waals surface area (Å²) in [6, 6.07) is 18.8. The minimum atomic E-state index is -0.329. The number of methoxy groups -OCH3 is 2. The van der Waals surface area contributed by atoms with E-state index >= 15 is 0 Å². The topological polar surface area (TPSA) is 80.7 Å². The number of hydrogen-bond acceptors (Lipinski definition) is 7. The molecule has 0 saturated carbocycles. The third kappa shape index (κ3) is 4.65. The second-order valence-corrected chi connectivity index (χ2v) is 8.52. The molecule has 2 aromatic carbocycles. The number of hydrazone groups is 1. The highest BCUT2D eigenvalue weighted by Crippen LogP contribution is 2.34. The molecule has 1 unspecified atom stereocenters. The van der Waals surface area contributed by atoms with Crippen molar-refractivity contribution in [3.8, 4) is 11.5 Å². The van der Waals surface area contributed by atoms with Gasteiger partial charge in [-0.1, -0.05) is 24.3 Å². The van der Waals surface area contributed by atoms with E-state index in [2.05, 4.69) is 5.10 Å². The van der Waals surface area contributed by atoms with Crippen LogP contribution in [0.25, 0.3) is 11.0 Å². The van der Waals surface area contributed by atoms with Crippen LogP contribution in [-0.4, -0.2) is 49.3 Å². The van der Waals surface area contributed by atoms with Crippen LogP contribution < -0.4 is 9.47 Å². The summed E-state index contributed by atoms with van der Waals surface area (Å²) in [4.78, 5) is 15.3. The zero-order valence-electron chi connectivity index (χ0n) is 19.9. The quantitative estimate of drug-likeness (QED) is 0.364. The molecule has 35 heavy (non-hydrogen) atoms. The van der Waals surface area contributed by atoms with Crippen LogP contribution in [0.3, 0.4) is 0 Å². The first-order valence-electron chi connectivity index (χ1n) is 11.4. The normalized spacial score (nSPS) is 15.6. The van der Waals surface area contributed by atoms with Gasteiger partial charge in [-0.15, -0.1) is 0 Å². The lowest BCUT2D eigenvalue weighted by atomic mass is 10.1. The molecule has 8 heteroatoms. The standard InChI is InChI=1S/C27H27N3O5/c1-29(16-19-10-11-20(32-2)14-25(19)33-3)17-27(31)30-22(24-9-6-12-34-24)15-21(28-30)26-13-18-7-4-5-8-23(18)35-26/h4-14,22H,15-17H2,1-3H3. The Hall–Kier alpha value is -4.04. The largest absolute Gasteiger partial charge is 0.497 e. The van der Waals surface area contributed by atoms with Crippen LogP contribution in [-0.2, 0) is 11.3 Å².